The van der Waals surface area contributed by atoms with Crippen molar-refractivity contribution in [3.05, 3.63) is 59.2 Å². The van der Waals surface area contributed by atoms with Gasteiger partial charge < -0.3 is 10.2 Å². The molecular formula is C18H20O2. The number of phenols is 2. The zero-order chi connectivity index (χ0) is 14.2. The quantitative estimate of drug-likeness (QED) is 0.885. The summed E-state index contributed by atoms with van der Waals surface area (Å²) >= 11 is 0. The second-order valence-electron chi connectivity index (χ2n) is 5.82. The van der Waals surface area contributed by atoms with Gasteiger partial charge in [0, 0.05) is 0 Å². The number of rotatable bonds is 3. The SMILES string of the molecule is CCC1(Cc2ccc(O)cc2)CCc2cc(O)ccc21. The van der Waals surface area contributed by atoms with Crippen LogP contribution in [0.25, 0.3) is 0 Å². The number of aryl methyl sites for hydroxylation is 1. The summed E-state index contributed by atoms with van der Waals surface area (Å²) in [5.74, 6) is 0.677. The highest BCUT2D eigenvalue weighted by Crippen LogP contribution is 2.44. The molecule has 2 N–H and O–H groups in total. The summed E-state index contributed by atoms with van der Waals surface area (Å²) < 4.78 is 0. The van der Waals surface area contributed by atoms with E-state index in [4.69, 9.17) is 0 Å². The summed E-state index contributed by atoms with van der Waals surface area (Å²) in [5.41, 5.74) is 4.09. The highest BCUT2D eigenvalue weighted by molar-refractivity contribution is 5.45. The van der Waals surface area contributed by atoms with E-state index in [0.29, 0.717) is 11.5 Å². The normalized spacial score (nSPS) is 20.9. The fraction of sp³-hybridized carbons (Fsp3) is 0.333. The summed E-state index contributed by atoms with van der Waals surface area (Å²) in [6.07, 6.45) is 4.24. The minimum absolute atomic E-state index is 0.167. The van der Waals surface area contributed by atoms with E-state index in [1.165, 1.54) is 16.7 Å². The van der Waals surface area contributed by atoms with Gasteiger partial charge in [-0.2, -0.15) is 0 Å². The topological polar surface area (TPSA) is 40.5 Å². The Morgan fingerprint density at radius 3 is 2.40 bits per heavy atom. The third kappa shape index (κ3) is 2.15. The fourth-order valence-electron chi connectivity index (χ4n) is 3.49. The smallest absolute Gasteiger partial charge is 0.115 e. The van der Waals surface area contributed by atoms with Crippen LogP contribution in [0.15, 0.2) is 42.5 Å². The monoisotopic (exact) mass is 268 g/mol. The molecule has 1 aliphatic rings. The van der Waals surface area contributed by atoms with Crippen LogP contribution in [0, 0.1) is 0 Å². The van der Waals surface area contributed by atoms with E-state index in [1.54, 1.807) is 18.2 Å². The van der Waals surface area contributed by atoms with Gasteiger partial charge in [-0.15, -0.1) is 0 Å². The van der Waals surface area contributed by atoms with Gasteiger partial charge in [-0.05, 0) is 72.1 Å². The number of fused-ring (bicyclic) bond motifs is 1. The predicted octanol–water partition coefficient (Wildman–Crippen LogP) is 3.93. The largest absolute Gasteiger partial charge is 0.508 e. The minimum atomic E-state index is 0.167. The van der Waals surface area contributed by atoms with E-state index in [-0.39, 0.29) is 5.41 Å². The molecule has 20 heavy (non-hydrogen) atoms. The molecule has 2 aromatic carbocycles. The second kappa shape index (κ2) is 4.86. The molecule has 0 saturated heterocycles. The molecule has 3 rings (SSSR count). The lowest BCUT2D eigenvalue weighted by Crippen LogP contribution is -2.25. The summed E-state index contributed by atoms with van der Waals surface area (Å²) in [6.45, 7) is 2.24. The van der Waals surface area contributed by atoms with Gasteiger partial charge in [0.15, 0.2) is 0 Å². The molecule has 2 aromatic rings. The molecule has 0 radical (unpaired) electrons. The maximum Gasteiger partial charge on any atom is 0.115 e. The van der Waals surface area contributed by atoms with E-state index in [0.717, 1.165) is 25.7 Å². The van der Waals surface area contributed by atoms with Crippen LogP contribution < -0.4 is 0 Å². The van der Waals surface area contributed by atoms with Crippen LogP contribution in [0.1, 0.15) is 36.5 Å². The molecule has 0 amide bonds. The average Bonchev–Trinajstić information content (AvgIpc) is 2.80. The zero-order valence-corrected chi connectivity index (χ0v) is 11.8. The van der Waals surface area contributed by atoms with E-state index in [2.05, 4.69) is 13.0 Å². The summed E-state index contributed by atoms with van der Waals surface area (Å²) in [7, 11) is 0. The maximum absolute atomic E-state index is 9.63. The van der Waals surface area contributed by atoms with Gasteiger partial charge in [-0.3, -0.25) is 0 Å². The Hall–Kier alpha value is -1.96. The van der Waals surface area contributed by atoms with Crippen molar-refractivity contribution in [1.82, 2.24) is 0 Å². The molecule has 0 aromatic heterocycles. The van der Waals surface area contributed by atoms with Gasteiger partial charge in [0.25, 0.3) is 0 Å². The number of hydrogen-bond donors (Lipinski definition) is 2. The summed E-state index contributed by atoms with van der Waals surface area (Å²) in [4.78, 5) is 0. The molecule has 104 valence electrons. The van der Waals surface area contributed by atoms with Crippen LogP contribution in [-0.4, -0.2) is 10.2 Å². The van der Waals surface area contributed by atoms with Crippen LogP contribution in [0.2, 0.25) is 0 Å². The number of phenolic OH excluding ortho intramolecular Hbond substituents is 2. The molecule has 0 bridgehead atoms. The van der Waals surface area contributed by atoms with Gasteiger partial charge in [0.2, 0.25) is 0 Å². The summed E-state index contributed by atoms with van der Waals surface area (Å²) in [5, 5.41) is 19.0. The molecule has 1 unspecified atom stereocenters. The second-order valence-corrected chi connectivity index (χ2v) is 5.82. The van der Waals surface area contributed by atoms with Crippen molar-refractivity contribution < 1.29 is 10.2 Å². The first-order valence-electron chi connectivity index (χ1n) is 7.23. The molecular weight excluding hydrogens is 248 g/mol. The number of aromatic hydroxyl groups is 2. The van der Waals surface area contributed by atoms with Gasteiger partial charge in [0.1, 0.15) is 11.5 Å². The zero-order valence-electron chi connectivity index (χ0n) is 11.8. The van der Waals surface area contributed by atoms with Crippen molar-refractivity contribution in [3.63, 3.8) is 0 Å². The van der Waals surface area contributed by atoms with Gasteiger partial charge in [0.05, 0.1) is 0 Å². The lowest BCUT2D eigenvalue weighted by molar-refractivity contribution is 0.405. The molecule has 1 atom stereocenters. The van der Waals surface area contributed by atoms with Crippen molar-refractivity contribution in [2.24, 2.45) is 0 Å². The van der Waals surface area contributed by atoms with Crippen LogP contribution in [0.3, 0.4) is 0 Å². The van der Waals surface area contributed by atoms with Crippen LogP contribution in [-0.2, 0) is 18.3 Å². The Bertz CT molecular complexity index is 616. The molecule has 1 aliphatic carbocycles. The molecule has 0 spiro atoms. The van der Waals surface area contributed by atoms with Crippen molar-refractivity contribution in [2.75, 3.05) is 0 Å². The molecule has 2 nitrogen and oxygen atoms in total. The van der Waals surface area contributed by atoms with Crippen LogP contribution in [0.5, 0.6) is 11.5 Å². The van der Waals surface area contributed by atoms with E-state index in [1.807, 2.05) is 18.2 Å². The first-order chi connectivity index (χ1) is 9.63. The first kappa shape index (κ1) is 13.0. The van der Waals surface area contributed by atoms with Gasteiger partial charge in [-0.1, -0.05) is 25.1 Å². The standard InChI is InChI=1S/C18H20O2/c1-2-18(12-13-3-5-15(19)6-4-13)10-9-14-11-16(20)7-8-17(14)18/h3-8,11,19-20H,2,9-10,12H2,1H3. The van der Waals surface area contributed by atoms with Gasteiger partial charge >= 0.3 is 0 Å². The Labute approximate surface area is 119 Å². The average molecular weight is 268 g/mol. The van der Waals surface area contributed by atoms with Gasteiger partial charge in [-0.25, -0.2) is 0 Å². The highest BCUT2D eigenvalue weighted by atomic mass is 16.3. The number of benzene rings is 2. The highest BCUT2D eigenvalue weighted by Gasteiger charge is 2.37. The Morgan fingerprint density at radius 2 is 1.70 bits per heavy atom. The number of hydrogen-bond acceptors (Lipinski definition) is 2. The third-order valence-electron chi connectivity index (χ3n) is 4.69. The van der Waals surface area contributed by atoms with E-state index < -0.39 is 0 Å². The van der Waals surface area contributed by atoms with Crippen molar-refractivity contribution in [2.45, 2.75) is 38.0 Å². The molecule has 0 fully saturated rings. The summed E-state index contributed by atoms with van der Waals surface area (Å²) in [6, 6.07) is 13.3. The molecule has 0 aliphatic heterocycles. The van der Waals surface area contributed by atoms with Crippen molar-refractivity contribution in [1.29, 1.82) is 0 Å². The Morgan fingerprint density at radius 1 is 1.00 bits per heavy atom. The Balaban J connectivity index is 1.96. The molecule has 0 saturated carbocycles. The molecule has 2 heteroatoms. The van der Waals surface area contributed by atoms with Crippen molar-refractivity contribution in [3.8, 4) is 11.5 Å². The van der Waals surface area contributed by atoms with Crippen LogP contribution in [0.4, 0.5) is 0 Å². The third-order valence-corrected chi connectivity index (χ3v) is 4.69. The Kier molecular flexibility index (Phi) is 3.17. The fourth-order valence-corrected chi connectivity index (χ4v) is 3.49. The minimum Gasteiger partial charge on any atom is -0.508 e. The first-order valence-corrected chi connectivity index (χ1v) is 7.23. The maximum atomic E-state index is 9.63. The predicted molar refractivity (Wildman–Crippen MR) is 80.2 cm³/mol. The van der Waals surface area contributed by atoms with Crippen LogP contribution >= 0.6 is 0 Å². The lowest BCUT2D eigenvalue weighted by atomic mass is 9.74. The van der Waals surface area contributed by atoms with E-state index in [9.17, 15) is 10.2 Å². The molecule has 0 heterocycles. The van der Waals surface area contributed by atoms with E-state index >= 15 is 0 Å². The lowest BCUT2D eigenvalue weighted by Gasteiger charge is -2.29. The van der Waals surface area contributed by atoms with Crippen molar-refractivity contribution >= 4 is 0 Å².